The average Bonchev–Trinajstić information content (AvgIpc) is 2.71. The molecule has 1 heterocycles. The molecule has 1 saturated heterocycles. The van der Waals surface area contributed by atoms with Crippen LogP contribution in [0.4, 0.5) is 0 Å². The number of epoxide rings is 1. The third-order valence-corrected chi connectivity index (χ3v) is 3.16. The van der Waals surface area contributed by atoms with Crippen molar-refractivity contribution in [2.75, 3.05) is 13.2 Å². The first-order valence-electron chi connectivity index (χ1n) is 4.13. The van der Waals surface area contributed by atoms with Crippen LogP contribution in [0.1, 0.15) is 19.8 Å². The Morgan fingerprint density at radius 3 is 3.10 bits per heavy atom. The number of ether oxygens (including phenoxy) is 1. The lowest BCUT2D eigenvalue weighted by atomic mass is 10.3. The van der Waals surface area contributed by atoms with Gasteiger partial charge in [0.05, 0.1) is 12.7 Å². The number of hydrogen-bond acceptors (Lipinski definition) is 2. The van der Waals surface area contributed by atoms with Gasteiger partial charge in [-0.15, -0.1) is 0 Å². The van der Waals surface area contributed by atoms with E-state index in [0.29, 0.717) is 6.10 Å². The molecule has 0 N–H and O–H groups in total. The maximum atomic E-state index is 5.33. The number of rotatable bonds is 6. The second-order valence-electron chi connectivity index (χ2n) is 2.65. The van der Waals surface area contributed by atoms with Crippen molar-refractivity contribution in [1.82, 2.24) is 0 Å². The van der Waals surface area contributed by atoms with Crippen LogP contribution in [0, 0.1) is 0 Å². The third-order valence-electron chi connectivity index (χ3n) is 1.67. The van der Waals surface area contributed by atoms with Gasteiger partial charge in [0.25, 0.3) is 0 Å². The molecule has 1 atom stereocenters. The molecule has 0 aromatic carbocycles. The fraction of sp³-hybridized carbons (Fsp3) is 1.00. The van der Waals surface area contributed by atoms with Gasteiger partial charge in [0.15, 0.2) is 9.76 Å². The molecule has 0 saturated carbocycles. The Morgan fingerprint density at radius 1 is 1.70 bits per heavy atom. The average molecular weight is 160 g/mol. The minimum atomic E-state index is -0.159. The molecule has 3 heteroatoms. The zero-order valence-electron chi connectivity index (χ0n) is 6.64. The molecular formula is C7H16O2Si. The smallest absolute Gasteiger partial charge is 0.161 e. The third kappa shape index (κ3) is 4.03. The predicted octanol–water partition coefficient (Wildman–Crippen LogP) is 0.704. The van der Waals surface area contributed by atoms with Gasteiger partial charge in [-0.3, -0.25) is 0 Å². The molecule has 1 unspecified atom stereocenters. The molecule has 0 aliphatic carbocycles. The summed E-state index contributed by atoms with van der Waals surface area (Å²) in [7, 11) is -0.159. The second kappa shape index (κ2) is 4.88. The van der Waals surface area contributed by atoms with Gasteiger partial charge in [-0.05, 0) is 19.4 Å². The summed E-state index contributed by atoms with van der Waals surface area (Å²) < 4.78 is 10.4. The largest absolute Gasteiger partial charge is 0.424 e. The lowest BCUT2D eigenvalue weighted by Gasteiger charge is -1.97. The lowest BCUT2D eigenvalue weighted by molar-refractivity contribution is 0.356. The first-order valence-corrected chi connectivity index (χ1v) is 5.70. The van der Waals surface area contributed by atoms with Gasteiger partial charge in [-0.2, -0.15) is 0 Å². The van der Waals surface area contributed by atoms with Crippen molar-refractivity contribution in [2.45, 2.75) is 31.9 Å². The molecule has 1 rings (SSSR count). The van der Waals surface area contributed by atoms with Gasteiger partial charge in [-0.1, -0.05) is 6.42 Å². The van der Waals surface area contributed by atoms with E-state index in [1.165, 1.54) is 18.9 Å². The van der Waals surface area contributed by atoms with E-state index in [2.05, 4.69) is 6.92 Å². The molecule has 0 radical (unpaired) electrons. The molecular weight excluding hydrogens is 144 g/mol. The van der Waals surface area contributed by atoms with Crippen LogP contribution in [0.25, 0.3) is 0 Å². The van der Waals surface area contributed by atoms with Crippen molar-refractivity contribution in [3.8, 4) is 0 Å². The Hall–Kier alpha value is 0.137. The van der Waals surface area contributed by atoms with Gasteiger partial charge in [0.2, 0.25) is 0 Å². The van der Waals surface area contributed by atoms with Crippen LogP contribution in [0.15, 0.2) is 0 Å². The highest BCUT2D eigenvalue weighted by Crippen LogP contribution is 2.16. The zero-order chi connectivity index (χ0) is 7.23. The second-order valence-corrected chi connectivity index (χ2v) is 4.17. The monoisotopic (exact) mass is 160 g/mol. The number of hydrogen-bond donors (Lipinski definition) is 0. The summed E-state index contributed by atoms with van der Waals surface area (Å²) in [5.74, 6) is 0. The van der Waals surface area contributed by atoms with Gasteiger partial charge in [-0.25, -0.2) is 0 Å². The Labute approximate surface area is 64.8 Å². The Morgan fingerprint density at radius 2 is 2.50 bits per heavy atom. The molecule has 0 spiro atoms. The highest BCUT2D eigenvalue weighted by atomic mass is 28.2. The molecule has 1 fully saturated rings. The van der Waals surface area contributed by atoms with Crippen molar-refractivity contribution < 1.29 is 9.16 Å². The summed E-state index contributed by atoms with van der Waals surface area (Å²) >= 11 is 0. The van der Waals surface area contributed by atoms with Crippen LogP contribution in [0.3, 0.4) is 0 Å². The highest BCUT2D eigenvalue weighted by molar-refractivity contribution is 6.26. The zero-order valence-corrected chi connectivity index (χ0v) is 8.05. The molecule has 0 amide bonds. The van der Waals surface area contributed by atoms with E-state index in [0.717, 1.165) is 13.2 Å². The van der Waals surface area contributed by atoms with Crippen molar-refractivity contribution in [2.24, 2.45) is 0 Å². The predicted molar refractivity (Wildman–Crippen MR) is 44.0 cm³/mol. The lowest BCUT2D eigenvalue weighted by Crippen LogP contribution is -1.97. The standard InChI is InChI=1S/C7H16O2Si/c1-2-9-10-5-3-4-7-6-8-7/h7H,2-6,10H2,1H3. The fourth-order valence-corrected chi connectivity index (χ4v) is 1.94. The van der Waals surface area contributed by atoms with E-state index >= 15 is 0 Å². The maximum absolute atomic E-state index is 5.33. The van der Waals surface area contributed by atoms with Crippen molar-refractivity contribution in [1.29, 1.82) is 0 Å². The first kappa shape index (κ1) is 8.24. The van der Waals surface area contributed by atoms with E-state index in [9.17, 15) is 0 Å². The summed E-state index contributed by atoms with van der Waals surface area (Å²) in [6.45, 7) is 3.99. The summed E-state index contributed by atoms with van der Waals surface area (Å²) in [6, 6.07) is 1.33. The summed E-state index contributed by atoms with van der Waals surface area (Å²) in [6.07, 6.45) is 3.20. The van der Waals surface area contributed by atoms with Gasteiger partial charge in [0.1, 0.15) is 0 Å². The Kier molecular flexibility index (Phi) is 4.02. The van der Waals surface area contributed by atoms with Crippen LogP contribution < -0.4 is 0 Å². The maximum Gasteiger partial charge on any atom is 0.161 e. The van der Waals surface area contributed by atoms with Crippen molar-refractivity contribution in [3.05, 3.63) is 0 Å². The normalized spacial score (nSPS) is 24.3. The molecule has 10 heavy (non-hydrogen) atoms. The van der Waals surface area contributed by atoms with Crippen molar-refractivity contribution >= 4 is 9.76 Å². The van der Waals surface area contributed by atoms with Gasteiger partial charge in [0, 0.05) is 6.61 Å². The van der Waals surface area contributed by atoms with Crippen LogP contribution >= 0.6 is 0 Å². The minimum Gasteiger partial charge on any atom is -0.424 e. The van der Waals surface area contributed by atoms with Crippen LogP contribution in [0.5, 0.6) is 0 Å². The summed E-state index contributed by atoms with van der Waals surface area (Å²) in [5.41, 5.74) is 0. The SMILES string of the molecule is CCO[SiH2]CCCC1CO1. The van der Waals surface area contributed by atoms with E-state index in [-0.39, 0.29) is 9.76 Å². The molecule has 0 bridgehead atoms. The minimum absolute atomic E-state index is 0.159. The summed E-state index contributed by atoms with van der Waals surface area (Å²) in [4.78, 5) is 0. The van der Waals surface area contributed by atoms with Crippen LogP contribution in [-0.2, 0) is 9.16 Å². The molecule has 60 valence electrons. The molecule has 1 aliphatic heterocycles. The topological polar surface area (TPSA) is 21.8 Å². The molecule has 0 aromatic rings. The van der Waals surface area contributed by atoms with Crippen molar-refractivity contribution in [3.63, 3.8) is 0 Å². The summed E-state index contributed by atoms with van der Waals surface area (Å²) in [5, 5.41) is 0. The molecule has 2 nitrogen and oxygen atoms in total. The van der Waals surface area contributed by atoms with E-state index in [4.69, 9.17) is 9.16 Å². The van der Waals surface area contributed by atoms with Gasteiger partial charge < -0.3 is 9.16 Å². The fourth-order valence-electron chi connectivity index (χ4n) is 0.955. The Balaban J connectivity index is 1.68. The highest BCUT2D eigenvalue weighted by Gasteiger charge is 2.20. The van der Waals surface area contributed by atoms with E-state index in [1.807, 2.05) is 0 Å². The van der Waals surface area contributed by atoms with E-state index in [1.54, 1.807) is 0 Å². The molecule has 1 aliphatic rings. The van der Waals surface area contributed by atoms with E-state index < -0.39 is 0 Å². The first-order chi connectivity index (χ1) is 4.93. The molecule has 0 aromatic heterocycles. The Bertz CT molecular complexity index is 83.7. The van der Waals surface area contributed by atoms with Crippen LogP contribution in [-0.4, -0.2) is 29.1 Å². The van der Waals surface area contributed by atoms with Crippen LogP contribution in [0.2, 0.25) is 6.04 Å². The van der Waals surface area contributed by atoms with Gasteiger partial charge >= 0.3 is 0 Å². The quantitative estimate of drug-likeness (QED) is 0.324.